The van der Waals surface area contributed by atoms with E-state index in [0.29, 0.717) is 37.8 Å². The van der Waals surface area contributed by atoms with E-state index >= 15 is 0 Å². The van der Waals surface area contributed by atoms with Gasteiger partial charge in [0.15, 0.2) is 5.16 Å². The molecule has 0 bridgehead atoms. The van der Waals surface area contributed by atoms with E-state index in [-0.39, 0.29) is 23.1 Å². The average molecular weight is 479 g/mol. The Morgan fingerprint density at radius 1 is 1.19 bits per heavy atom. The summed E-state index contributed by atoms with van der Waals surface area (Å²) in [5.41, 5.74) is 1.15. The Labute approximate surface area is 195 Å². The molecule has 10 heteroatoms. The largest absolute Gasteiger partial charge is 0.383 e. The van der Waals surface area contributed by atoms with Crippen LogP contribution in [-0.2, 0) is 33.7 Å². The molecule has 0 spiro atoms. The molecule has 2 amide bonds. The second-order valence-corrected chi connectivity index (χ2v) is 10.2. The highest BCUT2D eigenvalue weighted by molar-refractivity contribution is 7.99. The van der Waals surface area contributed by atoms with Crippen molar-refractivity contribution >= 4 is 45.1 Å². The molecular weight excluding hydrogens is 448 g/mol. The van der Waals surface area contributed by atoms with E-state index in [1.165, 1.54) is 22.2 Å². The first-order valence-electron chi connectivity index (χ1n) is 11.3. The molecule has 174 valence electrons. The summed E-state index contributed by atoms with van der Waals surface area (Å²) in [4.78, 5) is 46.0. The van der Waals surface area contributed by atoms with Gasteiger partial charge in [-0.15, -0.1) is 11.3 Å². The molecule has 0 saturated carbocycles. The predicted octanol–water partition coefficient (Wildman–Crippen LogP) is 2.20. The van der Waals surface area contributed by atoms with Crippen molar-refractivity contribution in [3.63, 3.8) is 0 Å². The normalized spacial score (nSPS) is 16.0. The minimum atomic E-state index is -0.0964. The molecule has 2 aromatic heterocycles. The smallest absolute Gasteiger partial charge is 0.263 e. The third kappa shape index (κ3) is 5.18. The number of carbonyl (C=O) groups excluding carboxylic acids is 2. The number of methoxy groups -OCH3 is 1. The number of ether oxygens (including phenoxy) is 1. The number of thiophene rings is 1. The number of thioether (sulfide) groups is 1. The predicted molar refractivity (Wildman–Crippen MR) is 127 cm³/mol. The maximum Gasteiger partial charge on any atom is 0.263 e. The molecule has 32 heavy (non-hydrogen) atoms. The zero-order chi connectivity index (χ0) is 22.5. The summed E-state index contributed by atoms with van der Waals surface area (Å²) in [7, 11) is 1.61. The number of hydrogen-bond donors (Lipinski definition) is 1. The number of rotatable bonds is 10. The first kappa shape index (κ1) is 23.3. The third-order valence-corrected chi connectivity index (χ3v) is 8.15. The number of likely N-dealkylation sites (tertiary alicyclic amines) is 1. The van der Waals surface area contributed by atoms with Gasteiger partial charge in [-0.2, -0.15) is 0 Å². The lowest BCUT2D eigenvalue weighted by Crippen LogP contribution is -2.31. The summed E-state index contributed by atoms with van der Waals surface area (Å²) in [6.07, 6.45) is 6.53. The molecule has 1 N–H and O–H groups in total. The first-order chi connectivity index (χ1) is 15.6. The molecule has 2 aliphatic rings. The van der Waals surface area contributed by atoms with Crippen molar-refractivity contribution in [2.45, 2.75) is 56.6 Å². The quantitative estimate of drug-likeness (QED) is 0.320. The zero-order valence-electron chi connectivity index (χ0n) is 18.5. The molecule has 0 aromatic carbocycles. The van der Waals surface area contributed by atoms with Crippen LogP contribution in [0.25, 0.3) is 10.2 Å². The molecule has 0 unspecified atom stereocenters. The zero-order valence-corrected chi connectivity index (χ0v) is 20.1. The van der Waals surface area contributed by atoms with Crippen molar-refractivity contribution in [3.8, 4) is 0 Å². The Balaban J connectivity index is 1.40. The second-order valence-electron chi connectivity index (χ2n) is 8.21. The number of nitrogens with zero attached hydrogens (tertiary/aromatic N) is 3. The van der Waals surface area contributed by atoms with Gasteiger partial charge in [-0.3, -0.25) is 19.0 Å². The standard InChI is InChI=1S/C22H30N4O4S2/c1-30-13-12-26-21(29)19-15-6-2-3-7-16(15)32-20(19)24-22(26)31-14-17(27)23-9-5-11-25-10-4-8-18(25)28/h2-14H2,1H3,(H,23,27). The van der Waals surface area contributed by atoms with Crippen LogP contribution in [0.4, 0.5) is 0 Å². The Bertz CT molecular complexity index is 1050. The molecule has 0 radical (unpaired) electrons. The Morgan fingerprint density at radius 2 is 2.03 bits per heavy atom. The fourth-order valence-corrected chi connectivity index (χ4v) is 6.49. The molecule has 1 aliphatic carbocycles. The van der Waals surface area contributed by atoms with Crippen molar-refractivity contribution in [2.75, 3.05) is 39.1 Å². The summed E-state index contributed by atoms with van der Waals surface area (Å²) in [5.74, 6) is 0.303. The van der Waals surface area contributed by atoms with E-state index in [4.69, 9.17) is 9.72 Å². The van der Waals surface area contributed by atoms with Crippen LogP contribution >= 0.6 is 23.1 Å². The van der Waals surface area contributed by atoms with Gasteiger partial charge >= 0.3 is 0 Å². The van der Waals surface area contributed by atoms with Crippen LogP contribution in [0, 0.1) is 0 Å². The van der Waals surface area contributed by atoms with Crippen LogP contribution in [0.1, 0.15) is 42.5 Å². The number of nitrogens with one attached hydrogen (secondary N) is 1. The molecule has 3 heterocycles. The number of amides is 2. The maximum atomic E-state index is 13.3. The first-order valence-corrected chi connectivity index (χ1v) is 13.1. The van der Waals surface area contributed by atoms with Gasteiger partial charge in [0.05, 0.1) is 24.3 Å². The van der Waals surface area contributed by atoms with E-state index < -0.39 is 0 Å². The lowest BCUT2D eigenvalue weighted by molar-refractivity contribution is -0.127. The number of aromatic nitrogens is 2. The molecule has 8 nitrogen and oxygen atoms in total. The molecule has 0 atom stereocenters. The SMILES string of the molecule is COCCn1c(SCC(=O)NCCCN2CCCC2=O)nc2sc3c(c2c1=O)CCCC3. The fourth-order valence-electron chi connectivity index (χ4n) is 4.33. The maximum absolute atomic E-state index is 13.3. The van der Waals surface area contributed by atoms with Gasteiger partial charge in [0.1, 0.15) is 4.83 Å². The fraction of sp³-hybridized carbons (Fsp3) is 0.636. The summed E-state index contributed by atoms with van der Waals surface area (Å²) in [5, 5.41) is 4.23. The summed E-state index contributed by atoms with van der Waals surface area (Å²) in [6.45, 7) is 2.86. The van der Waals surface area contributed by atoms with Crippen LogP contribution in [0.3, 0.4) is 0 Å². The van der Waals surface area contributed by atoms with E-state index in [2.05, 4.69) is 5.32 Å². The van der Waals surface area contributed by atoms with Crippen molar-refractivity contribution in [2.24, 2.45) is 0 Å². The molecule has 1 aliphatic heterocycles. The number of fused-ring (bicyclic) bond motifs is 3. The van der Waals surface area contributed by atoms with Crippen molar-refractivity contribution in [1.82, 2.24) is 19.8 Å². The van der Waals surface area contributed by atoms with Crippen LogP contribution in [0.5, 0.6) is 0 Å². The van der Waals surface area contributed by atoms with Gasteiger partial charge in [0.25, 0.3) is 5.56 Å². The van der Waals surface area contributed by atoms with Gasteiger partial charge < -0.3 is 15.0 Å². The summed E-state index contributed by atoms with van der Waals surface area (Å²) >= 11 is 2.91. The van der Waals surface area contributed by atoms with Crippen molar-refractivity contribution in [1.29, 1.82) is 0 Å². The molecule has 1 fully saturated rings. The Morgan fingerprint density at radius 3 is 2.81 bits per heavy atom. The van der Waals surface area contributed by atoms with Crippen LogP contribution in [0.2, 0.25) is 0 Å². The van der Waals surface area contributed by atoms with Crippen LogP contribution in [0.15, 0.2) is 9.95 Å². The summed E-state index contributed by atoms with van der Waals surface area (Å²) < 4.78 is 6.86. The van der Waals surface area contributed by atoms with E-state index in [0.717, 1.165) is 55.3 Å². The lowest BCUT2D eigenvalue weighted by atomic mass is 9.97. The molecule has 4 rings (SSSR count). The van der Waals surface area contributed by atoms with Gasteiger partial charge in [0, 0.05) is 38.0 Å². The number of hydrogen-bond acceptors (Lipinski definition) is 7. The van der Waals surface area contributed by atoms with Crippen LogP contribution < -0.4 is 10.9 Å². The van der Waals surface area contributed by atoms with Gasteiger partial charge in [-0.1, -0.05) is 11.8 Å². The highest BCUT2D eigenvalue weighted by Crippen LogP contribution is 2.34. The highest BCUT2D eigenvalue weighted by Gasteiger charge is 2.23. The molecular formula is C22H30N4O4S2. The number of carbonyl (C=O) groups is 2. The van der Waals surface area contributed by atoms with Gasteiger partial charge in [-0.25, -0.2) is 4.98 Å². The minimum Gasteiger partial charge on any atom is -0.383 e. The van der Waals surface area contributed by atoms with E-state index in [1.54, 1.807) is 23.0 Å². The monoisotopic (exact) mass is 478 g/mol. The Hall–Kier alpha value is -1.91. The number of aryl methyl sites for hydroxylation is 2. The Kier molecular flexibility index (Phi) is 7.85. The van der Waals surface area contributed by atoms with Crippen molar-refractivity contribution in [3.05, 3.63) is 20.8 Å². The average Bonchev–Trinajstić information content (AvgIpc) is 3.37. The topological polar surface area (TPSA) is 93.5 Å². The summed E-state index contributed by atoms with van der Waals surface area (Å²) in [6, 6.07) is 0. The van der Waals surface area contributed by atoms with E-state index in [1.807, 2.05) is 4.90 Å². The minimum absolute atomic E-state index is 0.0235. The van der Waals surface area contributed by atoms with Crippen LogP contribution in [-0.4, -0.2) is 65.4 Å². The molecule has 1 saturated heterocycles. The van der Waals surface area contributed by atoms with E-state index in [9.17, 15) is 14.4 Å². The molecule has 2 aromatic rings. The van der Waals surface area contributed by atoms with Gasteiger partial charge in [0.2, 0.25) is 11.8 Å². The second kappa shape index (κ2) is 10.8. The lowest BCUT2D eigenvalue weighted by Gasteiger charge is -2.15. The third-order valence-electron chi connectivity index (χ3n) is 5.99. The van der Waals surface area contributed by atoms with Crippen molar-refractivity contribution < 1.29 is 14.3 Å². The highest BCUT2D eigenvalue weighted by atomic mass is 32.2. The van der Waals surface area contributed by atoms with Gasteiger partial charge in [-0.05, 0) is 44.1 Å².